The summed E-state index contributed by atoms with van der Waals surface area (Å²) in [5.74, 6) is -1.06. The van der Waals surface area contributed by atoms with E-state index in [-0.39, 0.29) is 15.9 Å². The SMILES string of the molecule is CC1(C)CCCN(S(=O)(=O)c2ccc(C(=O)O)cc2)C1. The number of hydrogen-bond donors (Lipinski definition) is 1. The van der Waals surface area contributed by atoms with Crippen LogP contribution in [0.1, 0.15) is 37.0 Å². The number of hydrogen-bond acceptors (Lipinski definition) is 3. The fraction of sp³-hybridized carbons (Fsp3) is 0.500. The van der Waals surface area contributed by atoms with E-state index in [2.05, 4.69) is 13.8 Å². The predicted molar refractivity (Wildman–Crippen MR) is 75.2 cm³/mol. The average molecular weight is 297 g/mol. The van der Waals surface area contributed by atoms with Gasteiger partial charge in [-0.15, -0.1) is 0 Å². The average Bonchev–Trinajstić information content (AvgIpc) is 2.37. The van der Waals surface area contributed by atoms with Crippen molar-refractivity contribution in [2.24, 2.45) is 5.41 Å². The Morgan fingerprint density at radius 3 is 2.35 bits per heavy atom. The number of aromatic carboxylic acids is 1. The highest BCUT2D eigenvalue weighted by Gasteiger charge is 2.34. The summed E-state index contributed by atoms with van der Waals surface area (Å²) < 4.78 is 26.6. The third kappa shape index (κ3) is 3.02. The summed E-state index contributed by atoms with van der Waals surface area (Å²) in [4.78, 5) is 10.9. The lowest BCUT2D eigenvalue weighted by atomic mass is 9.85. The topological polar surface area (TPSA) is 74.7 Å². The normalized spacial score (nSPS) is 19.7. The van der Waals surface area contributed by atoms with Gasteiger partial charge in [-0.2, -0.15) is 4.31 Å². The molecule has 2 rings (SSSR count). The summed E-state index contributed by atoms with van der Waals surface area (Å²) in [7, 11) is -3.54. The van der Waals surface area contributed by atoms with E-state index in [9.17, 15) is 13.2 Å². The van der Waals surface area contributed by atoms with Crippen molar-refractivity contribution in [1.29, 1.82) is 0 Å². The summed E-state index contributed by atoms with van der Waals surface area (Å²) in [6, 6.07) is 5.37. The van der Waals surface area contributed by atoms with E-state index in [1.807, 2.05) is 0 Å². The van der Waals surface area contributed by atoms with Gasteiger partial charge in [0.05, 0.1) is 10.5 Å². The molecule has 1 aromatic carbocycles. The second-order valence-electron chi connectivity index (χ2n) is 5.94. The van der Waals surface area contributed by atoms with Crippen molar-refractivity contribution in [2.45, 2.75) is 31.6 Å². The number of carbonyl (C=O) groups is 1. The molecule has 0 amide bonds. The second kappa shape index (κ2) is 5.18. The van der Waals surface area contributed by atoms with Gasteiger partial charge in [0, 0.05) is 13.1 Å². The predicted octanol–water partition coefficient (Wildman–Crippen LogP) is 2.20. The van der Waals surface area contributed by atoms with Crippen LogP contribution in [0.15, 0.2) is 29.2 Å². The van der Waals surface area contributed by atoms with Crippen LogP contribution in [0, 0.1) is 5.41 Å². The third-order valence-corrected chi connectivity index (χ3v) is 5.46. The first-order valence-electron chi connectivity index (χ1n) is 6.56. The highest BCUT2D eigenvalue weighted by molar-refractivity contribution is 7.89. The molecule has 110 valence electrons. The van der Waals surface area contributed by atoms with Crippen LogP contribution in [0.4, 0.5) is 0 Å². The van der Waals surface area contributed by atoms with Crippen LogP contribution in [0.5, 0.6) is 0 Å². The fourth-order valence-corrected chi connectivity index (χ4v) is 4.16. The molecule has 1 fully saturated rings. The largest absolute Gasteiger partial charge is 0.478 e. The van der Waals surface area contributed by atoms with Crippen LogP contribution < -0.4 is 0 Å². The number of sulfonamides is 1. The molecule has 1 N–H and O–H groups in total. The van der Waals surface area contributed by atoms with Crippen molar-refractivity contribution in [3.8, 4) is 0 Å². The van der Waals surface area contributed by atoms with E-state index in [0.29, 0.717) is 13.1 Å². The van der Waals surface area contributed by atoms with Gasteiger partial charge in [0.1, 0.15) is 0 Å². The molecule has 0 aliphatic carbocycles. The molecule has 1 heterocycles. The number of rotatable bonds is 3. The molecule has 1 aliphatic rings. The van der Waals surface area contributed by atoms with Gasteiger partial charge in [-0.1, -0.05) is 13.8 Å². The summed E-state index contributed by atoms with van der Waals surface area (Å²) in [6.07, 6.45) is 1.86. The number of nitrogens with zero attached hydrogens (tertiary/aromatic N) is 1. The molecule has 0 spiro atoms. The standard InChI is InChI=1S/C14H19NO4S/c1-14(2)8-3-9-15(10-14)20(18,19)12-6-4-11(5-7-12)13(16)17/h4-7H,3,8-10H2,1-2H3,(H,16,17). The first-order valence-corrected chi connectivity index (χ1v) is 8.00. The molecule has 0 bridgehead atoms. The van der Waals surface area contributed by atoms with Crippen LogP contribution in [0.2, 0.25) is 0 Å². The molecule has 0 atom stereocenters. The highest BCUT2D eigenvalue weighted by atomic mass is 32.2. The van der Waals surface area contributed by atoms with E-state index in [1.54, 1.807) is 0 Å². The van der Waals surface area contributed by atoms with Gasteiger partial charge in [-0.3, -0.25) is 0 Å². The fourth-order valence-electron chi connectivity index (χ4n) is 2.49. The smallest absolute Gasteiger partial charge is 0.335 e. The number of benzene rings is 1. The van der Waals surface area contributed by atoms with Gasteiger partial charge < -0.3 is 5.11 Å². The zero-order chi connectivity index (χ0) is 15.0. The maximum absolute atomic E-state index is 12.5. The molecule has 1 aromatic rings. The zero-order valence-corrected chi connectivity index (χ0v) is 12.5. The minimum Gasteiger partial charge on any atom is -0.478 e. The first kappa shape index (κ1) is 15.0. The lowest BCUT2D eigenvalue weighted by Crippen LogP contribution is -2.43. The van der Waals surface area contributed by atoms with Gasteiger partial charge in [0.15, 0.2) is 0 Å². The summed E-state index contributed by atoms with van der Waals surface area (Å²) in [5.41, 5.74) is 0.0645. The maximum Gasteiger partial charge on any atom is 0.335 e. The molecule has 20 heavy (non-hydrogen) atoms. The van der Waals surface area contributed by atoms with Crippen molar-refractivity contribution in [2.75, 3.05) is 13.1 Å². The Morgan fingerprint density at radius 1 is 1.25 bits per heavy atom. The van der Waals surface area contributed by atoms with Gasteiger partial charge in [0.2, 0.25) is 10.0 Å². The minimum absolute atomic E-state index is 0.0215. The Hall–Kier alpha value is -1.40. The summed E-state index contributed by atoms with van der Waals surface area (Å²) in [5, 5.41) is 8.84. The van der Waals surface area contributed by atoms with Gasteiger partial charge in [-0.25, -0.2) is 13.2 Å². The highest BCUT2D eigenvalue weighted by Crippen LogP contribution is 2.31. The molecule has 0 aromatic heterocycles. The van der Waals surface area contributed by atoms with Crippen molar-refractivity contribution >= 4 is 16.0 Å². The minimum atomic E-state index is -3.54. The Kier molecular flexibility index (Phi) is 3.88. The molecule has 6 heteroatoms. The number of carboxylic acid groups (broad SMARTS) is 1. The molecular weight excluding hydrogens is 278 g/mol. The van der Waals surface area contributed by atoms with E-state index in [0.717, 1.165) is 12.8 Å². The van der Waals surface area contributed by atoms with Crippen molar-refractivity contribution in [3.63, 3.8) is 0 Å². The molecule has 1 aliphatic heterocycles. The Bertz CT molecular complexity index is 605. The van der Waals surface area contributed by atoms with Crippen LogP contribution in [-0.4, -0.2) is 36.9 Å². The Balaban J connectivity index is 2.28. The van der Waals surface area contributed by atoms with E-state index in [1.165, 1.54) is 28.6 Å². The van der Waals surface area contributed by atoms with E-state index in [4.69, 9.17) is 5.11 Å². The van der Waals surface area contributed by atoms with Crippen molar-refractivity contribution < 1.29 is 18.3 Å². The summed E-state index contributed by atoms with van der Waals surface area (Å²) in [6.45, 7) is 5.13. The zero-order valence-electron chi connectivity index (χ0n) is 11.7. The monoisotopic (exact) mass is 297 g/mol. The van der Waals surface area contributed by atoms with Crippen LogP contribution in [0.25, 0.3) is 0 Å². The lowest BCUT2D eigenvalue weighted by molar-refractivity contribution is 0.0696. The Morgan fingerprint density at radius 2 is 1.85 bits per heavy atom. The number of carboxylic acids is 1. The number of piperidine rings is 1. The molecule has 0 radical (unpaired) electrons. The van der Waals surface area contributed by atoms with Gasteiger partial charge in [0.25, 0.3) is 0 Å². The second-order valence-corrected chi connectivity index (χ2v) is 7.87. The van der Waals surface area contributed by atoms with Crippen molar-refractivity contribution in [3.05, 3.63) is 29.8 Å². The first-order chi connectivity index (χ1) is 9.22. The summed E-state index contributed by atoms with van der Waals surface area (Å²) >= 11 is 0. The van der Waals surface area contributed by atoms with Crippen molar-refractivity contribution in [1.82, 2.24) is 4.31 Å². The van der Waals surface area contributed by atoms with Gasteiger partial charge in [-0.05, 0) is 42.5 Å². The van der Waals surface area contributed by atoms with Crippen LogP contribution >= 0.6 is 0 Å². The van der Waals surface area contributed by atoms with Crippen LogP contribution in [0.3, 0.4) is 0 Å². The molecule has 0 saturated carbocycles. The molecular formula is C14H19NO4S. The maximum atomic E-state index is 12.5. The van der Waals surface area contributed by atoms with Crippen LogP contribution in [-0.2, 0) is 10.0 Å². The quantitative estimate of drug-likeness (QED) is 0.928. The molecule has 5 nitrogen and oxygen atoms in total. The Labute approximate surface area is 119 Å². The molecule has 0 unspecified atom stereocenters. The third-order valence-electron chi connectivity index (χ3n) is 3.60. The van der Waals surface area contributed by atoms with Gasteiger partial charge >= 0.3 is 5.97 Å². The van der Waals surface area contributed by atoms with E-state index < -0.39 is 16.0 Å². The molecule has 1 saturated heterocycles. The van der Waals surface area contributed by atoms with E-state index >= 15 is 0 Å². The lowest BCUT2D eigenvalue weighted by Gasteiger charge is -2.37.